The Bertz CT molecular complexity index is 127. The van der Waals surface area contributed by atoms with E-state index in [9.17, 15) is 0 Å². The van der Waals surface area contributed by atoms with Gasteiger partial charge in [0.15, 0.2) is 0 Å². The van der Waals surface area contributed by atoms with Gasteiger partial charge >= 0.3 is 0 Å². The van der Waals surface area contributed by atoms with E-state index in [1.165, 1.54) is 64.5 Å². The Balaban J connectivity index is 1.96. The second-order valence-corrected chi connectivity index (χ2v) is 4.95. The molecule has 0 unspecified atom stereocenters. The van der Waals surface area contributed by atoms with Crippen LogP contribution in [0.15, 0.2) is 0 Å². The summed E-state index contributed by atoms with van der Waals surface area (Å²) in [6, 6.07) is 0. The highest BCUT2D eigenvalue weighted by Gasteiger charge is 2.12. The first kappa shape index (κ1) is 12.0. The van der Waals surface area contributed by atoms with Gasteiger partial charge in [0.05, 0.1) is 0 Å². The van der Waals surface area contributed by atoms with Crippen LogP contribution in [0, 0.1) is 5.92 Å². The Morgan fingerprint density at radius 1 is 1.07 bits per heavy atom. The molecule has 0 atom stereocenters. The van der Waals surface area contributed by atoms with Crippen LogP contribution in [0.5, 0.6) is 0 Å². The van der Waals surface area contributed by atoms with Gasteiger partial charge in [-0.3, -0.25) is 0 Å². The van der Waals surface area contributed by atoms with Gasteiger partial charge in [0.1, 0.15) is 0 Å². The molecule has 0 aromatic rings. The topological polar surface area (TPSA) is 3.24 Å². The van der Waals surface area contributed by atoms with Crippen molar-refractivity contribution in [3.05, 3.63) is 0 Å². The highest BCUT2D eigenvalue weighted by Crippen LogP contribution is 2.27. The van der Waals surface area contributed by atoms with Crippen LogP contribution in [-0.4, -0.2) is 25.0 Å². The summed E-state index contributed by atoms with van der Waals surface area (Å²) in [5.74, 6) is 1.07. The quantitative estimate of drug-likeness (QED) is 0.628. The van der Waals surface area contributed by atoms with Gasteiger partial charge in [0.2, 0.25) is 0 Å². The summed E-state index contributed by atoms with van der Waals surface area (Å²) in [5.41, 5.74) is 0. The maximum absolute atomic E-state index is 2.48. The van der Waals surface area contributed by atoms with E-state index in [-0.39, 0.29) is 0 Å². The fourth-order valence-corrected chi connectivity index (χ4v) is 2.62. The van der Waals surface area contributed by atoms with Crippen molar-refractivity contribution in [2.45, 2.75) is 58.3 Å². The molecule has 1 aliphatic rings. The second-order valence-electron chi connectivity index (χ2n) is 4.95. The highest BCUT2D eigenvalue weighted by molar-refractivity contribution is 4.66. The van der Waals surface area contributed by atoms with E-state index >= 15 is 0 Å². The zero-order valence-corrected chi connectivity index (χ0v) is 10.1. The molecule has 0 amide bonds. The summed E-state index contributed by atoms with van der Waals surface area (Å²) < 4.78 is 0. The fraction of sp³-hybridized carbons (Fsp3) is 1.00. The minimum absolute atomic E-state index is 1.07. The number of nitrogens with zero attached hydrogens (tertiary/aromatic N) is 1. The van der Waals surface area contributed by atoms with E-state index in [0.29, 0.717) is 0 Å². The van der Waals surface area contributed by atoms with Gasteiger partial charge in [0.25, 0.3) is 0 Å². The van der Waals surface area contributed by atoms with Gasteiger partial charge in [0, 0.05) is 0 Å². The van der Waals surface area contributed by atoms with E-state index in [4.69, 9.17) is 0 Å². The minimum atomic E-state index is 1.07. The molecule has 0 radical (unpaired) electrons. The Labute approximate surface area is 89.9 Å². The largest absolute Gasteiger partial charge is 0.306 e. The molecule has 1 saturated carbocycles. The van der Waals surface area contributed by atoms with Crippen LogP contribution < -0.4 is 0 Å². The van der Waals surface area contributed by atoms with E-state index in [1.54, 1.807) is 0 Å². The number of rotatable bonds is 6. The summed E-state index contributed by atoms with van der Waals surface area (Å²) >= 11 is 0. The maximum Gasteiger partial charge on any atom is -0.00217 e. The van der Waals surface area contributed by atoms with E-state index < -0.39 is 0 Å². The molecule has 1 fully saturated rings. The first-order chi connectivity index (χ1) is 6.83. The lowest BCUT2D eigenvalue weighted by Gasteiger charge is -2.22. The lowest BCUT2D eigenvalue weighted by Crippen LogP contribution is -2.21. The second kappa shape index (κ2) is 7.28. The molecule has 1 heteroatoms. The lowest BCUT2D eigenvalue weighted by atomic mass is 9.86. The molecule has 84 valence electrons. The van der Waals surface area contributed by atoms with Crippen LogP contribution in [0.2, 0.25) is 0 Å². The van der Waals surface area contributed by atoms with Crippen molar-refractivity contribution < 1.29 is 0 Å². The summed E-state index contributed by atoms with van der Waals surface area (Å²) in [4.78, 5) is 2.48. The average molecular weight is 197 g/mol. The number of hydrogen-bond donors (Lipinski definition) is 0. The molecule has 0 aromatic heterocycles. The van der Waals surface area contributed by atoms with Crippen molar-refractivity contribution in [1.29, 1.82) is 0 Å². The van der Waals surface area contributed by atoms with Crippen LogP contribution in [0.4, 0.5) is 0 Å². The summed E-state index contributed by atoms with van der Waals surface area (Å²) in [6.45, 7) is 4.84. The van der Waals surface area contributed by atoms with Crippen molar-refractivity contribution in [3.8, 4) is 0 Å². The van der Waals surface area contributed by atoms with Gasteiger partial charge in [-0.15, -0.1) is 0 Å². The third-order valence-corrected chi connectivity index (χ3v) is 3.48. The Hall–Kier alpha value is -0.0400. The Kier molecular flexibility index (Phi) is 6.25. The standard InChI is InChI=1S/C13H27N/c1-3-11-14(2)12-7-10-13-8-5-4-6-9-13/h13H,3-12H2,1-2H3. The van der Waals surface area contributed by atoms with Gasteiger partial charge in [-0.2, -0.15) is 0 Å². The van der Waals surface area contributed by atoms with E-state index in [1.807, 2.05) is 0 Å². The van der Waals surface area contributed by atoms with E-state index in [2.05, 4.69) is 18.9 Å². The van der Waals surface area contributed by atoms with Crippen LogP contribution in [0.3, 0.4) is 0 Å². The van der Waals surface area contributed by atoms with Gasteiger partial charge in [-0.05, 0) is 45.3 Å². The number of hydrogen-bond acceptors (Lipinski definition) is 1. The average Bonchev–Trinajstić information content (AvgIpc) is 2.20. The maximum atomic E-state index is 2.48. The van der Waals surface area contributed by atoms with Crippen LogP contribution in [0.1, 0.15) is 58.3 Å². The zero-order chi connectivity index (χ0) is 10.2. The van der Waals surface area contributed by atoms with E-state index in [0.717, 1.165) is 5.92 Å². The van der Waals surface area contributed by atoms with Crippen molar-refractivity contribution in [1.82, 2.24) is 4.90 Å². The smallest absolute Gasteiger partial charge is 0.00217 e. The van der Waals surface area contributed by atoms with Gasteiger partial charge in [-0.25, -0.2) is 0 Å². The highest BCUT2D eigenvalue weighted by atomic mass is 15.1. The van der Waals surface area contributed by atoms with Crippen LogP contribution in [-0.2, 0) is 0 Å². The first-order valence-corrected chi connectivity index (χ1v) is 6.51. The van der Waals surface area contributed by atoms with Crippen molar-refractivity contribution >= 4 is 0 Å². The van der Waals surface area contributed by atoms with Crippen molar-refractivity contribution in [3.63, 3.8) is 0 Å². The molecule has 1 nitrogen and oxygen atoms in total. The molecule has 0 N–H and O–H groups in total. The summed E-state index contributed by atoms with van der Waals surface area (Å²) in [7, 11) is 2.25. The summed E-state index contributed by atoms with van der Waals surface area (Å²) in [5, 5.41) is 0. The van der Waals surface area contributed by atoms with Crippen LogP contribution >= 0.6 is 0 Å². The molecule has 1 rings (SSSR count). The van der Waals surface area contributed by atoms with Crippen LogP contribution in [0.25, 0.3) is 0 Å². The molecule has 0 bridgehead atoms. The molecule has 0 aromatic carbocycles. The normalized spacial score (nSPS) is 19.1. The predicted octanol–water partition coefficient (Wildman–Crippen LogP) is 3.69. The third-order valence-electron chi connectivity index (χ3n) is 3.48. The van der Waals surface area contributed by atoms with Gasteiger partial charge in [-0.1, -0.05) is 39.0 Å². The third kappa shape index (κ3) is 4.99. The van der Waals surface area contributed by atoms with Crippen molar-refractivity contribution in [2.24, 2.45) is 5.92 Å². The fourth-order valence-electron chi connectivity index (χ4n) is 2.62. The molecule has 0 spiro atoms. The molecule has 1 aliphatic carbocycles. The zero-order valence-electron chi connectivity index (χ0n) is 10.1. The molecule has 0 aliphatic heterocycles. The van der Waals surface area contributed by atoms with Crippen molar-refractivity contribution in [2.75, 3.05) is 20.1 Å². The predicted molar refractivity (Wildman–Crippen MR) is 63.6 cm³/mol. The van der Waals surface area contributed by atoms with Gasteiger partial charge < -0.3 is 4.90 Å². The summed E-state index contributed by atoms with van der Waals surface area (Å²) in [6.07, 6.45) is 11.7. The molecular weight excluding hydrogens is 170 g/mol. The molecule has 14 heavy (non-hydrogen) atoms. The monoisotopic (exact) mass is 197 g/mol. The minimum Gasteiger partial charge on any atom is -0.306 e. The molecule has 0 saturated heterocycles. The molecular formula is C13H27N. The Morgan fingerprint density at radius 3 is 2.43 bits per heavy atom. The SMILES string of the molecule is CCCN(C)CCCC1CCCCC1. The Morgan fingerprint density at radius 2 is 1.79 bits per heavy atom. The lowest BCUT2D eigenvalue weighted by molar-refractivity contribution is 0.285. The first-order valence-electron chi connectivity index (χ1n) is 6.51. The molecule has 0 heterocycles.